The minimum absolute atomic E-state index is 0.289. The molecular weight excluding hydrogens is 321 g/mol. The molecule has 0 saturated carbocycles. The van der Waals surface area contributed by atoms with Crippen LogP contribution in [0, 0.1) is 6.92 Å². The number of benzene rings is 1. The molecular formula is C16H19Cl2N3O. The Bertz CT molecular complexity index is 695. The fourth-order valence-electron chi connectivity index (χ4n) is 2.44. The highest BCUT2D eigenvalue weighted by Gasteiger charge is 2.20. The molecule has 1 heterocycles. The van der Waals surface area contributed by atoms with E-state index < -0.39 is 5.91 Å². The van der Waals surface area contributed by atoms with Crippen molar-refractivity contribution in [3.8, 4) is 11.4 Å². The molecule has 0 atom stereocenters. The van der Waals surface area contributed by atoms with Gasteiger partial charge in [0, 0.05) is 22.8 Å². The van der Waals surface area contributed by atoms with E-state index in [1.54, 1.807) is 12.1 Å². The first-order valence-corrected chi connectivity index (χ1v) is 8.03. The lowest BCUT2D eigenvalue weighted by Gasteiger charge is -2.11. The summed E-state index contributed by atoms with van der Waals surface area (Å²) in [6.07, 6.45) is 3.23. The zero-order valence-corrected chi connectivity index (χ0v) is 14.2. The van der Waals surface area contributed by atoms with Crippen molar-refractivity contribution in [3.05, 3.63) is 39.6 Å². The van der Waals surface area contributed by atoms with E-state index in [0.717, 1.165) is 37.1 Å². The summed E-state index contributed by atoms with van der Waals surface area (Å²) in [6, 6.07) is 5.24. The average molecular weight is 340 g/mol. The third-order valence-corrected chi connectivity index (χ3v) is 4.16. The van der Waals surface area contributed by atoms with Crippen molar-refractivity contribution in [2.45, 2.75) is 39.7 Å². The zero-order valence-electron chi connectivity index (χ0n) is 12.7. The third-order valence-electron chi connectivity index (χ3n) is 3.61. The first-order chi connectivity index (χ1) is 10.5. The molecule has 2 N–H and O–H groups in total. The van der Waals surface area contributed by atoms with Crippen molar-refractivity contribution in [3.63, 3.8) is 0 Å². The molecule has 0 bridgehead atoms. The van der Waals surface area contributed by atoms with Gasteiger partial charge in [0.2, 0.25) is 0 Å². The number of imidazole rings is 1. The van der Waals surface area contributed by atoms with Gasteiger partial charge in [-0.2, -0.15) is 0 Å². The van der Waals surface area contributed by atoms with Gasteiger partial charge in [0.05, 0.1) is 5.02 Å². The highest BCUT2D eigenvalue weighted by Crippen LogP contribution is 2.31. The summed E-state index contributed by atoms with van der Waals surface area (Å²) in [6.45, 7) is 4.77. The van der Waals surface area contributed by atoms with Crippen LogP contribution in [0.15, 0.2) is 18.2 Å². The van der Waals surface area contributed by atoms with Crippen LogP contribution in [0.5, 0.6) is 0 Å². The second kappa shape index (κ2) is 7.16. The maximum absolute atomic E-state index is 11.6. The Morgan fingerprint density at radius 2 is 2.05 bits per heavy atom. The van der Waals surface area contributed by atoms with E-state index in [4.69, 9.17) is 28.9 Å². The molecule has 0 unspecified atom stereocenters. The van der Waals surface area contributed by atoms with Crippen molar-refractivity contribution in [2.24, 2.45) is 5.73 Å². The highest BCUT2D eigenvalue weighted by atomic mass is 35.5. The number of halogens is 2. The van der Waals surface area contributed by atoms with E-state index in [1.807, 2.05) is 17.6 Å². The minimum Gasteiger partial charge on any atom is -0.364 e. The van der Waals surface area contributed by atoms with Crippen LogP contribution < -0.4 is 5.73 Å². The Hall–Kier alpha value is -1.52. The topological polar surface area (TPSA) is 60.9 Å². The third kappa shape index (κ3) is 3.45. The lowest BCUT2D eigenvalue weighted by molar-refractivity contribution is 0.0995. The van der Waals surface area contributed by atoms with Crippen LogP contribution in [-0.4, -0.2) is 15.5 Å². The zero-order chi connectivity index (χ0) is 16.3. The quantitative estimate of drug-likeness (QED) is 0.790. The molecule has 0 saturated heterocycles. The lowest BCUT2D eigenvalue weighted by Crippen LogP contribution is -2.13. The summed E-state index contributed by atoms with van der Waals surface area (Å²) >= 11 is 12.2. The van der Waals surface area contributed by atoms with E-state index in [0.29, 0.717) is 15.9 Å². The van der Waals surface area contributed by atoms with E-state index in [2.05, 4.69) is 11.9 Å². The maximum atomic E-state index is 11.6. The molecule has 0 spiro atoms. The second-order valence-corrected chi connectivity index (χ2v) is 6.06. The molecule has 0 radical (unpaired) electrons. The number of hydrogen-bond acceptors (Lipinski definition) is 2. The van der Waals surface area contributed by atoms with Crippen molar-refractivity contribution < 1.29 is 4.79 Å². The van der Waals surface area contributed by atoms with Gasteiger partial charge in [0.15, 0.2) is 0 Å². The maximum Gasteiger partial charge on any atom is 0.269 e. The summed E-state index contributed by atoms with van der Waals surface area (Å²) in [7, 11) is 0. The van der Waals surface area contributed by atoms with Crippen molar-refractivity contribution in [1.82, 2.24) is 9.55 Å². The van der Waals surface area contributed by atoms with Crippen LogP contribution in [0.2, 0.25) is 10.0 Å². The number of amides is 1. The van der Waals surface area contributed by atoms with Gasteiger partial charge in [0.25, 0.3) is 5.91 Å². The Kier molecular flexibility index (Phi) is 5.48. The molecule has 0 aliphatic heterocycles. The van der Waals surface area contributed by atoms with Crippen LogP contribution in [0.4, 0.5) is 0 Å². The Morgan fingerprint density at radius 1 is 1.32 bits per heavy atom. The van der Waals surface area contributed by atoms with E-state index in [-0.39, 0.29) is 5.69 Å². The number of unbranched alkanes of at least 4 members (excludes halogenated alkanes) is 2. The normalized spacial score (nSPS) is 10.9. The van der Waals surface area contributed by atoms with Crippen LogP contribution in [-0.2, 0) is 6.54 Å². The molecule has 0 aliphatic carbocycles. The summed E-state index contributed by atoms with van der Waals surface area (Å²) < 4.78 is 2.00. The molecule has 1 aromatic heterocycles. The molecule has 1 aromatic carbocycles. The number of carbonyl (C=O) groups excluding carboxylic acids is 1. The van der Waals surface area contributed by atoms with Gasteiger partial charge < -0.3 is 10.3 Å². The molecule has 22 heavy (non-hydrogen) atoms. The van der Waals surface area contributed by atoms with Crippen LogP contribution in [0.25, 0.3) is 11.4 Å². The molecule has 6 heteroatoms. The monoisotopic (exact) mass is 339 g/mol. The molecule has 1 amide bonds. The Labute approximate surface area is 140 Å². The van der Waals surface area contributed by atoms with E-state index in [1.165, 1.54) is 0 Å². The summed E-state index contributed by atoms with van der Waals surface area (Å²) in [4.78, 5) is 16.0. The van der Waals surface area contributed by atoms with Gasteiger partial charge in [-0.05, 0) is 31.5 Å². The van der Waals surface area contributed by atoms with E-state index in [9.17, 15) is 4.79 Å². The standard InChI is InChI=1S/C16H19Cl2N3O/c1-3-4-5-8-21-10(2)14(15(19)22)20-16(21)12-7-6-11(17)9-13(12)18/h6-7,9H,3-5,8H2,1-2H3,(H2,19,22). The predicted octanol–water partition coefficient (Wildman–Crippen LogP) is 4.45. The van der Waals surface area contributed by atoms with Gasteiger partial charge in [0.1, 0.15) is 11.5 Å². The molecule has 4 nitrogen and oxygen atoms in total. The number of nitrogens with two attached hydrogens (primary N) is 1. The Balaban J connectivity index is 2.52. The van der Waals surface area contributed by atoms with Crippen LogP contribution in [0.1, 0.15) is 42.4 Å². The SMILES string of the molecule is CCCCCn1c(-c2ccc(Cl)cc2Cl)nc(C(N)=O)c1C. The molecule has 0 aliphatic rings. The van der Waals surface area contributed by atoms with Gasteiger partial charge in [-0.25, -0.2) is 4.98 Å². The highest BCUT2D eigenvalue weighted by molar-refractivity contribution is 6.36. The number of carbonyl (C=O) groups is 1. The van der Waals surface area contributed by atoms with Crippen LogP contribution >= 0.6 is 23.2 Å². The van der Waals surface area contributed by atoms with Crippen molar-refractivity contribution in [2.75, 3.05) is 0 Å². The summed E-state index contributed by atoms with van der Waals surface area (Å²) in [5.74, 6) is 0.127. The van der Waals surface area contributed by atoms with E-state index >= 15 is 0 Å². The predicted molar refractivity (Wildman–Crippen MR) is 90.5 cm³/mol. The van der Waals surface area contributed by atoms with Crippen LogP contribution in [0.3, 0.4) is 0 Å². The second-order valence-electron chi connectivity index (χ2n) is 5.22. The van der Waals surface area contributed by atoms with Gasteiger partial charge >= 0.3 is 0 Å². The van der Waals surface area contributed by atoms with Gasteiger partial charge in [-0.1, -0.05) is 43.0 Å². The number of rotatable bonds is 6. The fourth-order valence-corrected chi connectivity index (χ4v) is 2.93. The van der Waals surface area contributed by atoms with Gasteiger partial charge in [-0.3, -0.25) is 4.79 Å². The molecule has 118 valence electrons. The molecule has 2 aromatic rings. The minimum atomic E-state index is -0.530. The average Bonchev–Trinajstić information content (AvgIpc) is 2.77. The Morgan fingerprint density at radius 3 is 2.64 bits per heavy atom. The number of aromatic nitrogens is 2. The number of primary amides is 1. The fraction of sp³-hybridized carbons (Fsp3) is 0.375. The van der Waals surface area contributed by atoms with Crippen molar-refractivity contribution in [1.29, 1.82) is 0 Å². The lowest BCUT2D eigenvalue weighted by atomic mass is 10.2. The molecule has 0 fully saturated rings. The smallest absolute Gasteiger partial charge is 0.269 e. The van der Waals surface area contributed by atoms with Crippen molar-refractivity contribution >= 4 is 29.1 Å². The first-order valence-electron chi connectivity index (χ1n) is 7.28. The molecule has 2 rings (SSSR count). The van der Waals surface area contributed by atoms with Gasteiger partial charge in [-0.15, -0.1) is 0 Å². The largest absolute Gasteiger partial charge is 0.364 e. The first kappa shape index (κ1) is 16.8. The number of nitrogens with zero attached hydrogens (tertiary/aromatic N) is 2. The summed E-state index contributed by atoms with van der Waals surface area (Å²) in [5, 5.41) is 1.06. The summed E-state index contributed by atoms with van der Waals surface area (Å²) in [5.41, 5.74) is 7.23. The number of hydrogen-bond donors (Lipinski definition) is 1.